The molecule has 0 radical (unpaired) electrons. The first-order valence-corrected chi connectivity index (χ1v) is 6.58. The second-order valence-electron chi connectivity index (χ2n) is 5.04. The third-order valence-corrected chi connectivity index (χ3v) is 3.70. The van der Waals surface area contributed by atoms with Gasteiger partial charge < -0.3 is 0 Å². The first-order valence-electron chi connectivity index (χ1n) is 6.58. The molecule has 1 atom stereocenters. The number of rotatable bonds is 3. The summed E-state index contributed by atoms with van der Waals surface area (Å²) in [5, 5.41) is 0. The van der Waals surface area contributed by atoms with Gasteiger partial charge in [-0.25, -0.2) is 0 Å². The predicted octanol–water partition coefficient (Wildman–Crippen LogP) is 4.62. The summed E-state index contributed by atoms with van der Waals surface area (Å²) in [6.07, 6.45) is 8.90. The van der Waals surface area contributed by atoms with Crippen LogP contribution in [0.5, 0.6) is 0 Å². The van der Waals surface area contributed by atoms with E-state index in [0.717, 1.165) is 24.2 Å². The molecule has 0 amide bonds. The lowest BCUT2D eigenvalue weighted by Gasteiger charge is -2.21. The molecule has 0 fully saturated rings. The first-order chi connectivity index (χ1) is 8.59. The molecule has 0 spiro atoms. The van der Waals surface area contributed by atoms with Gasteiger partial charge in [0.15, 0.2) is 0 Å². The second kappa shape index (κ2) is 5.34. The van der Waals surface area contributed by atoms with Crippen molar-refractivity contribution in [2.45, 2.75) is 33.6 Å². The molecule has 1 nitrogen and oxygen atoms in total. The van der Waals surface area contributed by atoms with Crippen LogP contribution >= 0.6 is 0 Å². The molecule has 0 N–H and O–H groups in total. The molecule has 1 aromatic heterocycles. The van der Waals surface area contributed by atoms with Crippen LogP contribution < -0.4 is 0 Å². The molecule has 0 aliphatic heterocycles. The molecule has 0 saturated heterocycles. The molecule has 0 aromatic carbocycles. The summed E-state index contributed by atoms with van der Waals surface area (Å²) in [5.41, 5.74) is 6.00. The lowest BCUT2D eigenvalue weighted by molar-refractivity contribution is 0.789. The van der Waals surface area contributed by atoms with Crippen LogP contribution in [0.2, 0.25) is 0 Å². The zero-order chi connectivity index (χ0) is 13.1. The van der Waals surface area contributed by atoms with Gasteiger partial charge in [0, 0.05) is 17.3 Å². The fourth-order valence-electron chi connectivity index (χ4n) is 2.47. The maximum Gasteiger partial charge on any atom is 0.0450 e. The molecular formula is C17H21N. The van der Waals surface area contributed by atoms with E-state index in [1.165, 1.54) is 16.7 Å². The number of pyridine rings is 1. The van der Waals surface area contributed by atoms with Gasteiger partial charge in [-0.15, -0.1) is 0 Å². The third-order valence-electron chi connectivity index (χ3n) is 3.70. The minimum Gasteiger partial charge on any atom is -0.258 e. The number of aryl methyl sites for hydroxylation is 2. The molecule has 1 unspecified atom stereocenters. The van der Waals surface area contributed by atoms with Crippen molar-refractivity contribution >= 4 is 5.57 Å². The molecule has 1 heteroatoms. The first kappa shape index (κ1) is 12.8. The van der Waals surface area contributed by atoms with Crippen molar-refractivity contribution in [3.8, 4) is 0 Å². The van der Waals surface area contributed by atoms with Gasteiger partial charge in [0.05, 0.1) is 0 Å². The van der Waals surface area contributed by atoms with Crippen molar-refractivity contribution in [2.75, 3.05) is 0 Å². The highest BCUT2D eigenvalue weighted by molar-refractivity contribution is 5.69. The average molecular weight is 239 g/mol. The van der Waals surface area contributed by atoms with Gasteiger partial charge >= 0.3 is 0 Å². The van der Waals surface area contributed by atoms with Crippen LogP contribution in [0.1, 0.15) is 36.7 Å². The van der Waals surface area contributed by atoms with Gasteiger partial charge in [-0.3, -0.25) is 4.98 Å². The van der Waals surface area contributed by atoms with E-state index in [0.29, 0.717) is 5.92 Å². The summed E-state index contributed by atoms with van der Waals surface area (Å²) in [6, 6.07) is 4.21. The molecule has 1 aliphatic rings. The largest absolute Gasteiger partial charge is 0.258 e. The Balaban J connectivity index is 2.25. The monoisotopic (exact) mass is 239 g/mol. The summed E-state index contributed by atoms with van der Waals surface area (Å²) in [6.45, 7) is 10.6. The highest BCUT2D eigenvalue weighted by Gasteiger charge is 2.16. The molecule has 0 bridgehead atoms. The van der Waals surface area contributed by atoms with Crippen LogP contribution in [0.25, 0.3) is 5.57 Å². The van der Waals surface area contributed by atoms with Crippen molar-refractivity contribution in [1.82, 2.24) is 4.98 Å². The van der Waals surface area contributed by atoms with Gasteiger partial charge in [-0.2, -0.15) is 0 Å². The number of aromatic nitrogens is 1. The zero-order valence-corrected chi connectivity index (χ0v) is 11.5. The lowest BCUT2D eigenvalue weighted by atomic mass is 9.85. The van der Waals surface area contributed by atoms with E-state index in [2.05, 4.69) is 55.8 Å². The fraction of sp³-hybridized carbons (Fsp3) is 0.353. The van der Waals surface area contributed by atoms with Crippen molar-refractivity contribution in [1.29, 1.82) is 0 Å². The standard InChI is InChI=1S/C17H21N/c1-12-10-11-17(15(4)18-12)14(3)13(2)16-8-6-5-7-9-16/h5-6,8,10-11,13H,3,7,9H2,1-2,4H3. The van der Waals surface area contributed by atoms with Crippen molar-refractivity contribution in [3.63, 3.8) is 0 Å². The smallest absolute Gasteiger partial charge is 0.0450 e. The molecule has 1 aliphatic carbocycles. The number of allylic oxidation sites excluding steroid dienone is 5. The number of nitrogens with zero attached hydrogens (tertiary/aromatic N) is 1. The molecule has 1 aromatic rings. The summed E-state index contributed by atoms with van der Waals surface area (Å²) in [7, 11) is 0. The highest BCUT2D eigenvalue weighted by Crippen LogP contribution is 2.32. The van der Waals surface area contributed by atoms with Gasteiger partial charge in [0.2, 0.25) is 0 Å². The molecule has 94 valence electrons. The van der Waals surface area contributed by atoms with Gasteiger partial charge in [-0.05, 0) is 43.9 Å². The van der Waals surface area contributed by atoms with E-state index in [4.69, 9.17) is 0 Å². The third kappa shape index (κ3) is 2.61. The van der Waals surface area contributed by atoms with Crippen molar-refractivity contribution < 1.29 is 0 Å². The van der Waals surface area contributed by atoms with Crippen LogP contribution in [-0.2, 0) is 0 Å². The number of hydrogen-bond donors (Lipinski definition) is 0. The van der Waals surface area contributed by atoms with Crippen LogP contribution in [0.4, 0.5) is 0 Å². The van der Waals surface area contributed by atoms with Crippen LogP contribution in [-0.4, -0.2) is 4.98 Å². The van der Waals surface area contributed by atoms with E-state index in [1.54, 1.807) is 0 Å². The van der Waals surface area contributed by atoms with Gasteiger partial charge in [0.1, 0.15) is 0 Å². The Hall–Kier alpha value is -1.63. The minimum atomic E-state index is 0.401. The average Bonchev–Trinajstić information content (AvgIpc) is 2.38. The fourth-order valence-corrected chi connectivity index (χ4v) is 2.47. The van der Waals surface area contributed by atoms with E-state index >= 15 is 0 Å². The summed E-state index contributed by atoms with van der Waals surface area (Å²) in [5.74, 6) is 0.401. The normalized spacial score (nSPS) is 16.3. The quantitative estimate of drug-likeness (QED) is 0.749. The zero-order valence-electron chi connectivity index (χ0n) is 11.5. The lowest BCUT2D eigenvalue weighted by Crippen LogP contribution is -2.05. The summed E-state index contributed by atoms with van der Waals surface area (Å²) >= 11 is 0. The van der Waals surface area contributed by atoms with Crippen LogP contribution in [0.15, 0.2) is 42.5 Å². The Morgan fingerprint density at radius 1 is 1.33 bits per heavy atom. The Kier molecular flexibility index (Phi) is 3.81. The van der Waals surface area contributed by atoms with Crippen LogP contribution in [0.3, 0.4) is 0 Å². The topological polar surface area (TPSA) is 12.9 Å². The molecule has 2 rings (SSSR count). The maximum absolute atomic E-state index is 4.53. The predicted molar refractivity (Wildman–Crippen MR) is 78.4 cm³/mol. The highest BCUT2D eigenvalue weighted by atomic mass is 14.7. The Labute approximate surface area is 110 Å². The molecule has 1 heterocycles. The Bertz CT molecular complexity index is 520. The molecule has 18 heavy (non-hydrogen) atoms. The molecular weight excluding hydrogens is 218 g/mol. The van der Waals surface area contributed by atoms with Crippen LogP contribution in [0, 0.1) is 19.8 Å². The van der Waals surface area contributed by atoms with E-state index < -0.39 is 0 Å². The maximum atomic E-state index is 4.53. The van der Waals surface area contributed by atoms with E-state index in [9.17, 15) is 0 Å². The van der Waals surface area contributed by atoms with Gasteiger partial charge in [0.25, 0.3) is 0 Å². The number of hydrogen-bond acceptors (Lipinski definition) is 1. The van der Waals surface area contributed by atoms with E-state index in [-0.39, 0.29) is 0 Å². The second-order valence-corrected chi connectivity index (χ2v) is 5.04. The minimum absolute atomic E-state index is 0.401. The van der Waals surface area contributed by atoms with Crippen molar-refractivity contribution in [2.24, 2.45) is 5.92 Å². The van der Waals surface area contributed by atoms with Gasteiger partial charge in [-0.1, -0.05) is 43.4 Å². The Morgan fingerprint density at radius 3 is 2.72 bits per heavy atom. The van der Waals surface area contributed by atoms with Crippen molar-refractivity contribution in [3.05, 3.63) is 59.5 Å². The summed E-state index contributed by atoms with van der Waals surface area (Å²) < 4.78 is 0. The van der Waals surface area contributed by atoms with E-state index in [1.807, 2.05) is 6.92 Å². The Morgan fingerprint density at radius 2 is 2.11 bits per heavy atom. The summed E-state index contributed by atoms with van der Waals surface area (Å²) in [4.78, 5) is 4.53. The molecule has 0 saturated carbocycles. The SMILES string of the molecule is C=C(c1ccc(C)nc1C)C(C)C1=CC=CCC1.